The normalized spacial score (nSPS) is 12.5. The number of hydrogen-bond donors (Lipinski definition) is 2. The van der Waals surface area contributed by atoms with Crippen LogP contribution in [-0.2, 0) is 29.0 Å². The topological polar surface area (TPSA) is 136 Å². The van der Waals surface area contributed by atoms with E-state index in [2.05, 4.69) is 15.0 Å². The fraction of sp³-hybridized carbons (Fsp3) is 0.385. The van der Waals surface area contributed by atoms with Crippen LogP contribution in [0.4, 0.5) is 5.69 Å². The number of likely N-dealkylation sites (N-methyl/N-ethyl adjacent to an activating group) is 1. The van der Waals surface area contributed by atoms with Gasteiger partial charge in [-0.05, 0) is 36.4 Å². The van der Waals surface area contributed by atoms with E-state index < -0.39 is 10.0 Å². The number of nitrogens with zero attached hydrogens (tertiary/aromatic N) is 3. The summed E-state index contributed by atoms with van der Waals surface area (Å²) >= 11 is 1.52. The third-order valence-electron chi connectivity index (χ3n) is 5.89. The van der Waals surface area contributed by atoms with Gasteiger partial charge in [-0.3, -0.25) is 4.99 Å². The molecule has 2 aromatic heterocycles. The van der Waals surface area contributed by atoms with E-state index in [9.17, 15) is 13.5 Å². The van der Waals surface area contributed by atoms with E-state index in [1.165, 1.54) is 34.8 Å². The fourth-order valence-electron chi connectivity index (χ4n) is 3.77. The highest BCUT2D eigenvalue weighted by molar-refractivity contribution is 7.89. The van der Waals surface area contributed by atoms with Crippen molar-refractivity contribution < 1.29 is 32.5 Å². The molecular formula is C26H32N4O7S2. The van der Waals surface area contributed by atoms with Gasteiger partial charge >= 0.3 is 0 Å². The van der Waals surface area contributed by atoms with Crippen LogP contribution in [0.3, 0.4) is 0 Å². The lowest BCUT2D eigenvalue weighted by Crippen LogP contribution is -2.30. The minimum Gasteiger partial charge on any atom is -0.494 e. The van der Waals surface area contributed by atoms with Gasteiger partial charge in [0.15, 0.2) is 5.88 Å². The lowest BCUT2D eigenvalue weighted by molar-refractivity contribution is 0.00310. The Bertz CT molecular complexity index is 1480. The predicted molar refractivity (Wildman–Crippen MR) is 151 cm³/mol. The molecule has 2 aromatic carbocycles. The van der Waals surface area contributed by atoms with E-state index in [1.54, 1.807) is 31.0 Å². The number of aliphatic imine (C=N–C) groups is 1. The molecule has 0 atom stereocenters. The lowest BCUT2D eigenvalue weighted by atomic mass is 10.1. The number of fused-ring (bicyclic) bond motifs is 3. The molecular weight excluding hydrogens is 544 g/mol. The van der Waals surface area contributed by atoms with E-state index in [0.717, 1.165) is 21.1 Å². The van der Waals surface area contributed by atoms with Crippen LogP contribution in [0.2, 0.25) is 0 Å². The zero-order chi connectivity index (χ0) is 27.7. The molecule has 0 aliphatic heterocycles. The second-order valence-corrected chi connectivity index (χ2v) is 11.4. The molecule has 2 heterocycles. The van der Waals surface area contributed by atoms with Crippen molar-refractivity contribution in [2.45, 2.75) is 4.90 Å². The molecule has 0 bridgehead atoms. The maximum atomic E-state index is 12.9. The number of hydrogen-bond acceptors (Lipinski definition) is 10. The van der Waals surface area contributed by atoms with Gasteiger partial charge in [-0.15, -0.1) is 11.3 Å². The van der Waals surface area contributed by atoms with Crippen LogP contribution < -0.4 is 0 Å². The number of rotatable bonds is 16. The first-order valence-electron chi connectivity index (χ1n) is 12.3. The van der Waals surface area contributed by atoms with E-state index in [0.29, 0.717) is 50.9 Å². The molecule has 0 saturated heterocycles. The molecule has 0 fully saturated rings. The number of methoxy groups -OCH3 is 1. The fourth-order valence-corrected chi connectivity index (χ4v) is 5.61. The number of aromatic nitrogens is 2. The number of benzene rings is 2. The van der Waals surface area contributed by atoms with Crippen LogP contribution in [0.25, 0.3) is 21.1 Å². The van der Waals surface area contributed by atoms with Crippen molar-refractivity contribution in [1.82, 2.24) is 14.3 Å². The third kappa shape index (κ3) is 7.39. The molecule has 13 heteroatoms. The lowest BCUT2D eigenvalue weighted by Gasteiger charge is -2.17. The molecule has 0 aliphatic carbocycles. The maximum Gasteiger partial charge on any atom is 0.242 e. The van der Waals surface area contributed by atoms with Crippen molar-refractivity contribution >= 4 is 54.4 Å². The van der Waals surface area contributed by atoms with Gasteiger partial charge in [0.25, 0.3) is 0 Å². The average Bonchev–Trinajstić information content (AvgIpc) is 3.54. The van der Waals surface area contributed by atoms with E-state index in [4.69, 9.17) is 18.9 Å². The van der Waals surface area contributed by atoms with Crippen molar-refractivity contribution in [2.75, 3.05) is 67.0 Å². The summed E-state index contributed by atoms with van der Waals surface area (Å²) in [5.74, 6) is -0.00387. The molecule has 0 amide bonds. The SMILES string of the molecule is COCCOCCOCCOCCN(C)S(=O)(=O)c1ccc(N=Cc2c(O)[nH]c3ccc4scnc4c23)cc1. The summed E-state index contributed by atoms with van der Waals surface area (Å²) < 4.78 is 49.2. The van der Waals surface area contributed by atoms with Crippen molar-refractivity contribution in [1.29, 1.82) is 0 Å². The number of sulfonamides is 1. The number of ether oxygens (including phenoxy) is 4. The van der Waals surface area contributed by atoms with E-state index >= 15 is 0 Å². The van der Waals surface area contributed by atoms with Crippen LogP contribution in [0, 0.1) is 0 Å². The Morgan fingerprint density at radius 2 is 1.67 bits per heavy atom. The zero-order valence-corrected chi connectivity index (χ0v) is 23.5. The first-order valence-corrected chi connectivity index (χ1v) is 14.6. The molecule has 0 aliphatic rings. The Balaban J connectivity index is 1.27. The van der Waals surface area contributed by atoms with Crippen LogP contribution in [-0.4, -0.2) is 101 Å². The molecule has 4 rings (SSSR count). The molecule has 2 N–H and O–H groups in total. The van der Waals surface area contributed by atoms with Gasteiger partial charge in [0.05, 0.1) is 83.6 Å². The minimum atomic E-state index is -3.69. The summed E-state index contributed by atoms with van der Waals surface area (Å²) in [6.45, 7) is 3.22. The van der Waals surface area contributed by atoms with Gasteiger partial charge < -0.3 is 29.0 Å². The standard InChI is InChI=1S/C26H32N4O7S2/c1-30(9-10-35-13-14-37-16-15-36-12-11-34-2)39(32,33)20-5-3-19(4-6-20)27-17-21-24-22(29-26(21)31)7-8-23-25(24)28-18-38-23/h3-8,17-18,29,31H,9-16H2,1-2H3. The van der Waals surface area contributed by atoms with Crippen molar-refractivity contribution in [3.05, 3.63) is 47.5 Å². The maximum absolute atomic E-state index is 12.9. The van der Waals surface area contributed by atoms with Gasteiger partial charge in [0.2, 0.25) is 10.0 Å². The van der Waals surface area contributed by atoms with Gasteiger partial charge in [-0.1, -0.05) is 0 Å². The molecule has 39 heavy (non-hydrogen) atoms. The summed E-state index contributed by atoms with van der Waals surface area (Å²) in [6.07, 6.45) is 1.55. The van der Waals surface area contributed by atoms with Gasteiger partial charge in [-0.25, -0.2) is 13.4 Å². The van der Waals surface area contributed by atoms with Crippen molar-refractivity contribution in [3.8, 4) is 5.88 Å². The quantitative estimate of drug-likeness (QED) is 0.153. The Morgan fingerprint density at radius 1 is 1.00 bits per heavy atom. The molecule has 4 aromatic rings. The highest BCUT2D eigenvalue weighted by atomic mass is 32.2. The zero-order valence-electron chi connectivity index (χ0n) is 21.8. The van der Waals surface area contributed by atoms with Crippen molar-refractivity contribution in [2.24, 2.45) is 4.99 Å². The van der Waals surface area contributed by atoms with Crippen molar-refractivity contribution in [3.63, 3.8) is 0 Å². The Morgan fingerprint density at radius 3 is 2.36 bits per heavy atom. The van der Waals surface area contributed by atoms with Gasteiger partial charge in [-0.2, -0.15) is 4.31 Å². The minimum absolute atomic E-state index is 0.00387. The largest absolute Gasteiger partial charge is 0.494 e. The Hall–Kier alpha value is -2.91. The monoisotopic (exact) mass is 576 g/mol. The number of aromatic hydroxyl groups is 1. The predicted octanol–water partition coefficient (Wildman–Crippen LogP) is 3.55. The number of nitrogens with one attached hydrogen (secondary N) is 1. The van der Waals surface area contributed by atoms with Crippen LogP contribution in [0.1, 0.15) is 5.56 Å². The molecule has 210 valence electrons. The van der Waals surface area contributed by atoms with Crippen LogP contribution >= 0.6 is 11.3 Å². The number of thiazole rings is 1. The van der Waals surface area contributed by atoms with E-state index in [-0.39, 0.29) is 23.9 Å². The van der Waals surface area contributed by atoms with Crippen LogP contribution in [0.5, 0.6) is 5.88 Å². The average molecular weight is 577 g/mol. The molecule has 11 nitrogen and oxygen atoms in total. The van der Waals surface area contributed by atoms with Gasteiger partial charge in [0.1, 0.15) is 0 Å². The summed E-state index contributed by atoms with van der Waals surface area (Å²) in [6, 6.07) is 10.1. The summed E-state index contributed by atoms with van der Waals surface area (Å²) in [7, 11) is -0.559. The highest BCUT2D eigenvalue weighted by Crippen LogP contribution is 2.33. The van der Waals surface area contributed by atoms with Gasteiger partial charge in [0, 0.05) is 32.3 Å². The summed E-state index contributed by atoms with van der Waals surface area (Å²) in [5, 5.41) is 11.2. The molecule has 0 spiro atoms. The highest BCUT2D eigenvalue weighted by Gasteiger charge is 2.20. The first kappa shape index (κ1) is 29.1. The number of aromatic amines is 1. The first-order chi connectivity index (χ1) is 18.9. The van der Waals surface area contributed by atoms with Crippen LogP contribution in [0.15, 0.2) is 51.8 Å². The molecule has 0 radical (unpaired) electrons. The molecule has 0 unspecified atom stereocenters. The van der Waals surface area contributed by atoms with E-state index in [1.807, 2.05) is 12.1 Å². The summed E-state index contributed by atoms with van der Waals surface area (Å²) in [5.41, 5.74) is 4.38. The Labute approximate surface area is 231 Å². The summed E-state index contributed by atoms with van der Waals surface area (Å²) in [4.78, 5) is 12.0. The second kappa shape index (κ2) is 13.9. The second-order valence-electron chi connectivity index (χ2n) is 8.48. The third-order valence-corrected chi connectivity index (χ3v) is 8.56. The Kier molecular flexibility index (Phi) is 10.4. The number of H-pyrrole nitrogens is 1. The smallest absolute Gasteiger partial charge is 0.242 e. The molecule has 0 saturated carbocycles.